The molecule has 0 spiro atoms. The van der Waals surface area contributed by atoms with Gasteiger partial charge in [-0.3, -0.25) is 9.89 Å². The lowest BCUT2D eigenvalue weighted by atomic mass is 10.1. The number of H-pyrrole nitrogens is 1. The zero-order chi connectivity index (χ0) is 15.1. The fourth-order valence-electron chi connectivity index (χ4n) is 1.99. The predicted octanol–water partition coefficient (Wildman–Crippen LogP) is 1.55. The highest BCUT2D eigenvalue weighted by atomic mass is 16.5. The summed E-state index contributed by atoms with van der Waals surface area (Å²) in [4.78, 5) is 15.7. The highest BCUT2D eigenvalue weighted by Crippen LogP contribution is 2.18. The molecule has 112 valence electrons. The van der Waals surface area contributed by atoms with Crippen LogP contribution in [0.2, 0.25) is 0 Å². The van der Waals surface area contributed by atoms with Gasteiger partial charge in [-0.05, 0) is 31.9 Å². The van der Waals surface area contributed by atoms with Gasteiger partial charge in [-0.15, -0.1) is 0 Å². The number of aryl methyl sites for hydroxylation is 3. The first-order chi connectivity index (χ1) is 10.1. The van der Waals surface area contributed by atoms with E-state index in [1.807, 2.05) is 32.0 Å². The van der Waals surface area contributed by atoms with E-state index in [1.54, 1.807) is 0 Å². The van der Waals surface area contributed by atoms with Crippen LogP contribution in [-0.2, 0) is 11.2 Å². The van der Waals surface area contributed by atoms with Crippen LogP contribution in [0.3, 0.4) is 0 Å². The highest BCUT2D eigenvalue weighted by Gasteiger charge is 2.05. The van der Waals surface area contributed by atoms with Gasteiger partial charge in [-0.1, -0.05) is 17.7 Å². The number of hydrogen-bond acceptors (Lipinski definition) is 4. The molecule has 0 fully saturated rings. The van der Waals surface area contributed by atoms with E-state index in [0.29, 0.717) is 6.54 Å². The number of aromatic amines is 1. The summed E-state index contributed by atoms with van der Waals surface area (Å²) in [6, 6.07) is 5.89. The van der Waals surface area contributed by atoms with E-state index in [4.69, 9.17) is 4.74 Å². The number of ether oxygens (including phenoxy) is 1. The Morgan fingerprint density at radius 1 is 1.38 bits per heavy atom. The molecule has 0 bridgehead atoms. The Morgan fingerprint density at radius 2 is 2.24 bits per heavy atom. The lowest BCUT2D eigenvalue weighted by molar-refractivity contribution is -0.123. The van der Waals surface area contributed by atoms with Crippen molar-refractivity contribution in [2.24, 2.45) is 0 Å². The molecule has 2 rings (SSSR count). The third-order valence-corrected chi connectivity index (χ3v) is 3.07. The smallest absolute Gasteiger partial charge is 0.257 e. The van der Waals surface area contributed by atoms with E-state index in [9.17, 15) is 4.79 Å². The normalized spacial score (nSPS) is 10.4. The molecule has 0 saturated heterocycles. The van der Waals surface area contributed by atoms with Crippen LogP contribution < -0.4 is 10.1 Å². The Kier molecular flexibility index (Phi) is 5.31. The Hall–Kier alpha value is -2.37. The van der Waals surface area contributed by atoms with Crippen LogP contribution in [0, 0.1) is 13.8 Å². The van der Waals surface area contributed by atoms with Crippen LogP contribution in [0.15, 0.2) is 24.5 Å². The van der Waals surface area contributed by atoms with Gasteiger partial charge in [0, 0.05) is 13.0 Å². The molecule has 0 aliphatic heterocycles. The monoisotopic (exact) mass is 288 g/mol. The number of amides is 1. The first-order valence-electron chi connectivity index (χ1n) is 6.96. The minimum Gasteiger partial charge on any atom is -0.484 e. The zero-order valence-electron chi connectivity index (χ0n) is 12.3. The van der Waals surface area contributed by atoms with E-state index in [0.717, 1.165) is 30.0 Å². The molecule has 1 heterocycles. The van der Waals surface area contributed by atoms with Crippen LogP contribution in [0.25, 0.3) is 0 Å². The molecular formula is C15H20N4O2. The molecule has 0 radical (unpaired) electrons. The average molecular weight is 288 g/mol. The van der Waals surface area contributed by atoms with Crippen molar-refractivity contribution in [3.05, 3.63) is 41.5 Å². The molecule has 0 aliphatic rings. The van der Waals surface area contributed by atoms with Crippen molar-refractivity contribution in [2.75, 3.05) is 13.2 Å². The summed E-state index contributed by atoms with van der Waals surface area (Å²) in [5.41, 5.74) is 2.21. The maximum absolute atomic E-state index is 11.7. The summed E-state index contributed by atoms with van der Waals surface area (Å²) in [5, 5.41) is 9.37. The van der Waals surface area contributed by atoms with Gasteiger partial charge in [0.15, 0.2) is 6.61 Å². The fourth-order valence-corrected chi connectivity index (χ4v) is 1.99. The third kappa shape index (κ3) is 4.91. The van der Waals surface area contributed by atoms with Crippen LogP contribution in [-0.4, -0.2) is 34.2 Å². The quantitative estimate of drug-likeness (QED) is 0.758. The van der Waals surface area contributed by atoms with Crippen molar-refractivity contribution in [1.29, 1.82) is 0 Å². The van der Waals surface area contributed by atoms with Gasteiger partial charge in [-0.25, -0.2) is 4.98 Å². The minimum atomic E-state index is -0.118. The highest BCUT2D eigenvalue weighted by molar-refractivity contribution is 5.77. The maximum atomic E-state index is 11.7. The second-order valence-corrected chi connectivity index (χ2v) is 4.94. The molecular weight excluding hydrogens is 268 g/mol. The van der Waals surface area contributed by atoms with Crippen molar-refractivity contribution >= 4 is 5.91 Å². The van der Waals surface area contributed by atoms with Crippen LogP contribution in [0.4, 0.5) is 0 Å². The summed E-state index contributed by atoms with van der Waals surface area (Å²) in [6.45, 7) is 4.62. The minimum absolute atomic E-state index is 0.0339. The average Bonchev–Trinajstić information content (AvgIpc) is 2.96. The number of nitrogens with one attached hydrogen (secondary N) is 2. The molecule has 0 aliphatic carbocycles. The second-order valence-electron chi connectivity index (χ2n) is 4.94. The van der Waals surface area contributed by atoms with Crippen LogP contribution >= 0.6 is 0 Å². The Bertz CT molecular complexity index is 581. The number of carbonyl (C=O) groups excluding carboxylic acids is 1. The van der Waals surface area contributed by atoms with Crippen LogP contribution in [0.1, 0.15) is 23.4 Å². The molecule has 6 nitrogen and oxygen atoms in total. The van der Waals surface area contributed by atoms with Crippen molar-refractivity contribution < 1.29 is 9.53 Å². The number of carbonyl (C=O) groups is 1. The van der Waals surface area contributed by atoms with Crippen molar-refractivity contribution in [1.82, 2.24) is 20.5 Å². The van der Waals surface area contributed by atoms with Gasteiger partial charge in [0.1, 0.15) is 17.9 Å². The summed E-state index contributed by atoms with van der Waals surface area (Å²) in [7, 11) is 0. The fraction of sp³-hybridized carbons (Fsp3) is 0.400. The summed E-state index contributed by atoms with van der Waals surface area (Å²) in [5.74, 6) is 1.46. The summed E-state index contributed by atoms with van der Waals surface area (Å²) in [6.07, 6.45) is 3.05. The number of aromatic nitrogens is 3. The van der Waals surface area contributed by atoms with Crippen molar-refractivity contribution in [3.63, 3.8) is 0 Å². The largest absolute Gasteiger partial charge is 0.484 e. The Balaban J connectivity index is 1.65. The van der Waals surface area contributed by atoms with Crippen molar-refractivity contribution in [2.45, 2.75) is 26.7 Å². The Morgan fingerprint density at radius 3 is 2.95 bits per heavy atom. The second kappa shape index (κ2) is 7.42. The molecule has 1 aromatic heterocycles. The maximum Gasteiger partial charge on any atom is 0.257 e. The number of benzene rings is 1. The lowest BCUT2D eigenvalue weighted by Crippen LogP contribution is -2.30. The molecule has 1 amide bonds. The van der Waals surface area contributed by atoms with Gasteiger partial charge in [0.2, 0.25) is 0 Å². The van der Waals surface area contributed by atoms with Gasteiger partial charge in [-0.2, -0.15) is 5.10 Å². The van der Waals surface area contributed by atoms with E-state index in [2.05, 4.69) is 20.5 Å². The van der Waals surface area contributed by atoms with E-state index in [-0.39, 0.29) is 12.5 Å². The molecule has 0 saturated carbocycles. The molecule has 2 N–H and O–H groups in total. The van der Waals surface area contributed by atoms with E-state index < -0.39 is 0 Å². The third-order valence-electron chi connectivity index (χ3n) is 3.07. The molecule has 0 unspecified atom stereocenters. The molecule has 6 heteroatoms. The van der Waals surface area contributed by atoms with Crippen LogP contribution in [0.5, 0.6) is 5.75 Å². The summed E-state index contributed by atoms with van der Waals surface area (Å²) >= 11 is 0. The van der Waals surface area contributed by atoms with Gasteiger partial charge in [0.25, 0.3) is 5.91 Å². The number of hydrogen-bond donors (Lipinski definition) is 2. The number of rotatable bonds is 7. The van der Waals surface area contributed by atoms with E-state index >= 15 is 0 Å². The summed E-state index contributed by atoms with van der Waals surface area (Å²) < 4.78 is 5.52. The van der Waals surface area contributed by atoms with Gasteiger partial charge < -0.3 is 10.1 Å². The van der Waals surface area contributed by atoms with Crippen molar-refractivity contribution in [3.8, 4) is 5.75 Å². The Labute approximate surface area is 123 Å². The van der Waals surface area contributed by atoms with E-state index in [1.165, 1.54) is 11.9 Å². The molecule has 2 aromatic rings. The zero-order valence-corrected chi connectivity index (χ0v) is 12.3. The molecule has 0 atom stereocenters. The topological polar surface area (TPSA) is 79.9 Å². The lowest BCUT2D eigenvalue weighted by Gasteiger charge is -2.10. The SMILES string of the molecule is Cc1ccc(OCC(=O)NCCCc2ncn[nH]2)c(C)c1. The standard InChI is InChI=1S/C15H20N4O2/c1-11-5-6-13(12(2)8-11)21-9-15(20)16-7-3-4-14-17-10-18-19-14/h5-6,8,10H,3-4,7,9H2,1-2H3,(H,16,20)(H,17,18,19). The molecule has 1 aromatic carbocycles. The first kappa shape index (κ1) is 15.0. The molecule has 21 heavy (non-hydrogen) atoms. The first-order valence-corrected chi connectivity index (χ1v) is 6.96. The van der Waals surface area contributed by atoms with Gasteiger partial charge >= 0.3 is 0 Å². The predicted molar refractivity (Wildman–Crippen MR) is 79.1 cm³/mol. The number of nitrogens with zero attached hydrogens (tertiary/aromatic N) is 2. The van der Waals surface area contributed by atoms with Gasteiger partial charge in [0.05, 0.1) is 0 Å².